The lowest BCUT2D eigenvalue weighted by Gasteiger charge is -2.19. The molecule has 0 bridgehead atoms. The first-order valence-corrected chi connectivity index (χ1v) is 9.54. The molecule has 0 aliphatic carbocycles. The van der Waals surface area contributed by atoms with Gasteiger partial charge in [0.15, 0.2) is 6.61 Å². The Bertz CT molecular complexity index is 964. The molecule has 1 aliphatic rings. The Kier molecular flexibility index (Phi) is 6.79. The zero-order valence-electron chi connectivity index (χ0n) is 16.5. The molecule has 0 aromatic heterocycles. The van der Waals surface area contributed by atoms with Crippen LogP contribution in [0.5, 0.6) is 11.5 Å². The van der Waals surface area contributed by atoms with Gasteiger partial charge in [0.05, 0.1) is 31.5 Å². The fourth-order valence-corrected chi connectivity index (χ4v) is 3.34. The lowest BCUT2D eigenvalue weighted by Crippen LogP contribution is -2.28. The van der Waals surface area contributed by atoms with Crippen molar-refractivity contribution in [1.29, 1.82) is 0 Å². The molecule has 1 saturated heterocycles. The van der Waals surface area contributed by atoms with Crippen LogP contribution in [-0.4, -0.2) is 45.2 Å². The van der Waals surface area contributed by atoms with Crippen LogP contribution < -0.4 is 19.7 Å². The molecule has 1 fully saturated rings. The maximum atomic E-state index is 12.4. The summed E-state index contributed by atoms with van der Waals surface area (Å²) in [6.45, 7) is -0.338. The number of methoxy groups -OCH3 is 2. The predicted molar refractivity (Wildman–Crippen MR) is 111 cm³/mol. The van der Waals surface area contributed by atoms with Crippen molar-refractivity contribution in [3.63, 3.8) is 0 Å². The SMILES string of the molecule is COc1ccc(Cl)cc1NC(=O)COC(=O)[C@@H]1CC(=O)N(c2ccccc2OC)C1. The average molecular weight is 433 g/mol. The summed E-state index contributed by atoms with van der Waals surface area (Å²) in [4.78, 5) is 38.4. The number of benzene rings is 2. The van der Waals surface area contributed by atoms with Crippen molar-refractivity contribution in [1.82, 2.24) is 0 Å². The van der Waals surface area contributed by atoms with E-state index in [-0.39, 0.29) is 18.9 Å². The van der Waals surface area contributed by atoms with E-state index in [0.717, 1.165) is 0 Å². The Balaban J connectivity index is 1.57. The number of ether oxygens (including phenoxy) is 3. The average Bonchev–Trinajstić information content (AvgIpc) is 3.13. The molecule has 2 amide bonds. The lowest BCUT2D eigenvalue weighted by molar-refractivity contribution is -0.151. The molecule has 1 aliphatic heterocycles. The van der Waals surface area contributed by atoms with Crippen LogP contribution in [0.15, 0.2) is 42.5 Å². The van der Waals surface area contributed by atoms with Gasteiger partial charge >= 0.3 is 5.97 Å². The van der Waals surface area contributed by atoms with Crippen molar-refractivity contribution in [2.45, 2.75) is 6.42 Å². The first-order valence-electron chi connectivity index (χ1n) is 9.16. The zero-order valence-corrected chi connectivity index (χ0v) is 17.3. The Labute approximate surface area is 178 Å². The highest BCUT2D eigenvalue weighted by Crippen LogP contribution is 2.33. The van der Waals surface area contributed by atoms with Crippen LogP contribution in [-0.2, 0) is 19.1 Å². The summed E-state index contributed by atoms with van der Waals surface area (Å²) in [6, 6.07) is 11.8. The van der Waals surface area contributed by atoms with Gasteiger partial charge in [-0.1, -0.05) is 23.7 Å². The van der Waals surface area contributed by atoms with E-state index in [4.69, 9.17) is 25.8 Å². The molecule has 2 aromatic carbocycles. The number of nitrogens with zero attached hydrogens (tertiary/aromatic N) is 1. The number of hydrogen-bond donors (Lipinski definition) is 1. The fourth-order valence-electron chi connectivity index (χ4n) is 3.17. The summed E-state index contributed by atoms with van der Waals surface area (Å²) in [5, 5.41) is 3.01. The Morgan fingerprint density at radius 3 is 2.60 bits per heavy atom. The van der Waals surface area contributed by atoms with Gasteiger partial charge in [-0.3, -0.25) is 14.4 Å². The van der Waals surface area contributed by atoms with Crippen LogP contribution in [0.1, 0.15) is 6.42 Å². The van der Waals surface area contributed by atoms with Crippen LogP contribution >= 0.6 is 11.6 Å². The molecule has 9 heteroatoms. The number of anilines is 2. The molecule has 30 heavy (non-hydrogen) atoms. The van der Waals surface area contributed by atoms with E-state index in [1.807, 2.05) is 0 Å². The summed E-state index contributed by atoms with van der Waals surface area (Å²) in [5.74, 6) is -1.09. The van der Waals surface area contributed by atoms with Gasteiger partial charge in [-0.25, -0.2) is 0 Å². The van der Waals surface area contributed by atoms with Crippen molar-refractivity contribution in [2.75, 3.05) is 37.6 Å². The molecule has 2 aromatic rings. The summed E-state index contributed by atoms with van der Waals surface area (Å²) in [5.41, 5.74) is 0.954. The van der Waals surface area contributed by atoms with Crippen LogP contribution in [0, 0.1) is 5.92 Å². The largest absolute Gasteiger partial charge is 0.495 e. The molecule has 0 saturated carbocycles. The highest BCUT2D eigenvalue weighted by Gasteiger charge is 2.37. The van der Waals surface area contributed by atoms with Crippen molar-refractivity contribution >= 4 is 40.8 Å². The summed E-state index contributed by atoms with van der Waals surface area (Å²) in [6.07, 6.45) is 0.000612. The highest BCUT2D eigenvalue weighted by molar-refractivity contribution is 6.31. The smallest absolute Gasteiger partial charge is 0.311 e. The minimum Gasteiger partial charge on any atom is -0.495 e. The molecule has 1 atom stereocenters. The predicted octanol–water partition coefficient (Wildman–Crippen LogP) is 2.89. The Morgan fingerprint density at radius 1 is 1.13 bits per heavy atom. The Morgan fingerprint density at radius 2 is 1.87 bits per heavy atom. The van der Waals surface area contributed by atoms with E-state index < -0.39 is 24.4 Å². The van der Waals surface area contributed by atoms with Gasteiger partial charge in [0.25, 0.3) is 5.91 Å². The van der Waals surface area contributed by atoms with E-state index in [1.54, 1.807) is 36.4 Å². The standard InChI is InChI=1S/C21H21ClN2O6/c1-28-17-8-7-14(22)10-15(17)23-19(25)12-30-21(27)13-9-20(26)24(11-13)16-5-3-4-6-18(16)29-2/h3-8,10,13H,9,11-12H2,1-2H3,(H,23,25)/t13-/m1/s1. The number of carbonyl (C=O) groups is 3. The number of carbonyl (C=O) groups excluding carboxylic acids is 3. The van der Waals surface area contributed by atoms with E-state index in [9.17, 15) is 14.4 Å². The van der Waals surface area contributed by atoms with Crippen LogP contribution in [0.25, 0.3) is 0 Å². The van der Waals surface area contributed by atoms with Crippen LogP contribution in [0.2, 0.25) is 5.02 Å². The van der Waals surface area contributed by atoms with Crippen molar-refractivity contribution < 1.29 is 28.6 Å². The Hall–Kier alpha value is -3.26. The van der Waals surface area contributed by atoms with Gasteiger partial charge in [0.2, 0.25) is 5.91 Å². The van der Waals surface area contributed by atoms with Crippen molar-refractivity contribution in [2.24, 2.45) is 5.92 Å². The number of rotatable bonds is 7. The number of esters is 1. The van der Waals surface area contributed by atoms with Crippen LogP contribution in [0.4, 0.5) is 11.4 Å². The molecule has 0 spiro atoms. The van der Waals surface area contributed by atoms with E-state index in [0.29, 0.717) is 27.9 Å². The second kappa shape index (κ2) is 9.49. The van der Waals surface area contributed by atoms with Crippen LogP contribution in [0.3, 0.4) is 0 Å². The fraction of sp³-hybridized carbons (Fsp3) is 0.286. The first kappa shape index (κ1) is 21.4. The van der Waals surface area contributed by atoms with E-state index in [2.05, 4.69) is 5.32 Å². The molecular formula is C21H21ClN2O6. The van der Waals surface area contributed by atoms with Gasteiger partial charge in [-0.15, -0.1) is 0 Å². The number of hydrogen-bond acceptors (Lipinski definition) is 6. The number of nitrogens with one attached hydrogen (secondary N) is 1. The number of amides is 2. The topological polar surface area (TPSA) is 94.2 Å². The molecule has 0 radical (unpaired) electrons. The van der Waals surface area contributed by atoms with Gasteiger partial charge < -0.3 is 24.4 Å². The van der Waals surface area contributed by atoms with Gasteiger partial charge in [-0.05, 0) is 30.3 Å². The third-order valence-electron chi connectivity index (χ3n) is 4.62. The maximum absolute atomic E-state index is 12.4. The third kappa shape index (κ3) is 4.83. The van der Waals surface area contributed by atoms with Gasteiger partial charge in [-0.2, -0.15) is 0 Å². The molecule has 1 N–H and O–H groups in total. The second-order valence-electron chi connectivity index (χ2n) is 6.58. The molecule has 0 unspecified atom stereocenters. The van der Waals surface area contributed by atoms with Gasteiger partial charge in [0.1, 0.15) is 11.5 Å². The second-order valence-corrected chi connectivity index (χ2v) is 7.01. The molecule has 3 rings (SSSR count). The molecular weight excluding hydrogens is 412 g/mol. The third-order valence-corrected chi connectivity index (χ3v) is 4.85. The van der Waals surface area contributed by atoms with Gasteiger partial charge in [0, 0.05) is 18.0 Å². The minimum absolute atomic E-state index is 0.000612. The molecule has 8 nitrogen and oxygen atoms in total. The normalized spacial score (nSPS) is 15.6. The van der Waals surface area contributed by atoms with E-state index in [1.165, 1.54) is 25.2 Å². The zero-order chi connectivity index (χ0) is 21.7. The quantitative estimate of drug-likeness (QED) is 0.676. The maximum Gasteiger partial charge on any atom is 0.311 e. The molecule has 1 heterocycles. The van der Waals surface area contributed by atoms with Crippen molar-refractivity contribution in [3.8, 4) is 11.5 Å². The monoisotopic (exact) mass is 432 g/mol. The summed E-state index contributed by atoms with van der Waals surface area (Å²) >= 11 is 5.93. The minimum atomic E-state index is -0.670. The number of halogens is 1. The summed E-state index contributed by atoms with van der Waals surface area (Å²) < 4.78 is 15.6. The molecule has 158 valence electrons. The van der Waals surface area contributed by atoms with Crippen molar-refractivity contribution in [3.05, 3.63) is 47.5 Å². The highest BCUT2D eigenvalue weighted by atomic mass is 35.5. The summed E-state index contributed by atoms with van der Waals surface area (Å²) in [7, 11) is 2.97. The van der Waals surface area contributed by atoms with E-state index >= 15 is 0 Å². The number of para-hydroxylation sites is 2. The lowest BCUT2D eigenvalue weighted by atomic mass is 10.1. The first-order chi connectivity index (χ1) is 14.4.